The van der Waals surface area contributed by atoms with E-state index >= 15 is 0 Å². The van der Waals surface area contributed by atoms with Crippen LogP contribution >= 0.6 is 0 Å². The van der Waals surface area contributed by atoms with Crippen LogP contribution in [0.5, 0.6) is 0 Å². The smallest absolute Gasteiger partial charge is 0.410 e. The third-order valence-electron chi connectivity index (χ3n) is 12.1. The van der Waals surface area contributed by atoms with Crippen molar-refractivity contribution in [2.24, 2.45) is 11.8 Å². The normalized spacial score (nSPS) is 36.0. The van der Waals surface area contributed by atoms with E-state index in [0.29, 0.717) is 63.1 Å². The number of cyclic esters (lactones) is 1. The van der Waals surface area contributed by atoms with Crippen LogP contribution in [0.1, 0.15) is 87.0 Å². The Morgan fingerprint density at radius 1 is 1.07 bits per heavy atom. The van der Waals surface area contributed by atoms with Crippen molar-refractivity contribution in [3.8, 4) is 11.4 Å². The van der Waals surface area contributed by atoms with E-state index in [1.807, 2.05) is 65.9 Å². The highest BCUT2D eigenvalue weighted by Gasteiger charge is 2.58. The lowest BCUT2D eigenvalue weighted by Crippen LogP contribution is -2.61. The summed E-state index contributed by atoms with van der Waals surface area (Å²) >= 11 is 0. The van der Waals surface area contributed by atoms with Crippen LogP contribution in [0.25, 0.3) is 11.4 Å². The number of hydrogen-bond donors (Lipinski definition) is 2. The van der Waals surface area contributed by atoms with Gasteiger partial charge in [0.1, 0.15) is 35.3 Å². The van der Waals surface area contributed by atoms with E-state index in [9.17, 15) is 19.5 Å². The molecule has 57 heavy (non-hydrogen) atoms. The maximum absolute atomic E-state index is 14.0. The van der Waals surface area contributed by atoms with Crippen molar-refractivity contribution < 1.29 is 43.2 Å². The van der Waals surface area contributed by atoms with E-state index in [0.717, 1.165) is 0 Å². The van der Waals surface area contributed by atoms with Crippen molar-refractivity contribution in [3.63, 3.8) is 0 Å². The second-order valence-electron chi connectivity index (χ2n) is 16.8. The number of Topliss-reactive ketones (excluding diaryl/α,β-unsaturated/α-hetero) is 1. The Labute approximate surface area is 336 Å². The molecule has 318 valence electrons. The first-order chi connectivity index (χ1) is 27.0. The summed E-state index contributed by atoms with van der Waals surface area (Å²) in [5.74, 6) is -2.27. The van der Waals surface area contributed by atoms with Crippen molar-refractivity contribution in [3.05, 3.63) is 24.5 Å². The van der Waals surface area contributed by atoms with Gasteiger partial charge in [0.15, 0.2) is 11.9 Å². The van der Waals surface area contributed by atoms with Crippen LogP contribution in [-0.4, -0.2) is 152 Å². The monoisotopic (exact) mass is 800 g/mol. The van der Waals surface area contributed by atoms with Crippen molar-refractivity contribution in [1.29, 1.82) is 0 Å². The lowest BCUT2D eigenvalue weighted by atomic mass is 9.83. The quantitative estimate of drug-likeness (QED) is 0.191. The number of amides is 1. The molecule has 0 spiro atoms. The Morgan fingerprint density at radius 2 is 1.81 bits per heavy atom. The number of carbonyl (C=O) groups is 3. The molecule has 0 aromatic carbocycles. The highest BCUT2D eigenvalue weighted by Crippen LogP contribution is 2.39. The fraction of sp³-hybridized carbons (Fsp3) is 0.775. The maximum Gasteiger partial charge on any atom is 0.410 e. The number of ether oxygens (including phenoxy) is 5. The van der Waals surface area contributed by atoms with Crippen LogP contribution in [0.4, 0.5) is 4.79 Å². The van der Waals surface area contributed by atoms with Crippen LogP contribution in [0.2, 0.25) is 0 Å². The Hall–Kier alpha value is -3.61. The molecule has 2 aromatic rings. The molecular formula is C40H64N8O9. The fourth-order valence-electron chi connectivity index (χ4n) is 8.67. The van der Waals surface area contributed by atoms with Crippen molar-refractivity contribution in [2.75, 3.05) is 34.3 Å². The minimum Gasteiger partial charge on any atom is -0.458 e. The number of hydrogen-bond acceptors (Lipinski definition) is 15. The second kappa shape index (κ2) is 19.0. The number of esters is 1. The molecule has 0 radical (unpaired) electrons. The molecule has 3 saturated heterocycles. The van der Waals surface area contributed by atoms with E-state index in [1.54, 1.807) is 29.0 Å². The molecule has 2 N–H and O–H groups in total. The number of aliphatic hydroxyl groups is 1. The number of aryl methyl sites for hydroxylation is 1. The zero-order chi connectivity index (χ0) is 41.7. The molecule has 12 atom stereocenters. The largest absolute Gasteiger partial charge is 0.458 e. The zero-order valence-electron chi connectivity index (χ0n) is 35.3. The van der Waals surface area contributed by atoms with Crippen LogP contribution < -0.4 is 5.32 Å². The molecule has 1 amide bonds. The number of fused-ring (bicyclic) bond motifs is 1. The number of methoxy groups -OCH3 is 1. The molecule has 3 aliphatic rings. The minimum absolute atomic E-state index is 0.00109. The lowest BCUT2D eigenvalue weighted by molar-refractivity contribution is -0.289. The molecule has 5 rings (SSSR count). The number of aromatic nitrogens is 5. The molecule has 2 unspecified atom stereocenters. The standard InChI is InChI=1S/C40H64N8O9/c1-11-32-40(7)35(48(38(52)57-40)18-13-12-17-47-23-29(44-45-47)28-15-14-16-42-43-28)27(5)41-22-24(2)21-39(6,53-10)33(20-31(49)26(4)36(51)55-32)56-37-34(50)30(46(8)9)19-25(3)54-37/h14-16,23-27,30,32-35,37,41,50H,11-13,17-22H2,1-10H3/t24-,25-,26-,27-,30?,32-,33-,34?,35-,37+,39+,40-/m1/s1. The number of aliphatic hydroxyl groups excluding tert-OH is 1. The van der Waals surface area contributed by atoms with Gasteiger partial charge in [0.2, 0.25) is 0 Å². The number of rotatable bonds is 11. The Bertz CT molecular complexity index is 1650. The molecule has 0 aliphatic carbocycles. The highest BCUT2D eigenvalue weighted by atomic mass is 16.7. The first-order valence-electron chi connectivity index (χ1n) is 20.4. The Balaban J connectivity index is 1.36. The lowest BCUT2D eigenvalue weighted by Gasteiger charge is -2.45. The van der Waals surface area contributed by atoms with Gasteiger partial charge in [0.25, 0.3) is 0 Å². The van der Waals surface area contributed by atoms with Crippen molar-refractivity contribution in [2.45, 2.75) is 154 Å². The zero-order valence-corrected chi connectivity index (χ0v) is 35.3. The van der Waals surface area contributed by atoms with Gasteiger partial charge < -0.3 is 39.0 Å². The molecule has 0 saturated carbocycles. The molecular weight excluding hydrogens is 736 g/mol. The highest BCUT2D eigenvalue weighted by molar-refractivity contribution is 5.99. The predicted molar refractivity (Wildman–Crippen MR) is 209 cm³/mol. The topological polar surface area (TPSA) is 193 Å². The van der Waals surface area contributed by atoms with E-state index in [-0.39, 0.29) is 30.5 Å². The van der Waals surface area contributed by atoms with Crippen molar-refractivity contribution >= 4 is 17.8 Å². The molecule has 17 heteroatoms. The average molecular weight is 801 g/mol. The summed E-state index contributed by atoms with van der Waals surface area (Å²) in [5, 5.41) is 31.5. The average Bonchev–Trinajstić information content (AvgIpc) is 3.76. The number of likely N-dealkylation sites (N-methyl/N-ethyl adjacent to an activating group) is 1. The van der Waals surface area contributed by atoms with E-state index in [2.05, 4.69) is 32.7 Å². The van der Waals surface area contributed by atoms with E-state index in [1.165, 1.54) is 6.92 Å². The third-order valence-corrected chi connectivity index (χ3v) is 12.1. The van der Waals surface area contributed by atoms with Crippen LogP contribution in [0.15, 0.2) is 24.5 Å². The fourth-order valence-corrected chi connectivity index (χ4v) is 8.67. The molecule has 2 aromatic heterocycles. The van der Waals surface area contributed by atoms with Crippen LogP contribution in [-0.2, 0) is 39.8 Å². The summed E-state index contributed by atoms with van der Waals surface area (Å²) in [5.41, 5.74) is -0.978. The molecule has 0 bridgehead atoms. The summed E-state index contributed by atoms with van der Waals surface area (Å²) in [6.07, 6.45) is 1.63. The van der Waals surface area contributed by atoms with Gasteiger partial charge in [-0.15, -0.1) is 10.2 Å². The van der Waals surface area contributed by atoms with Gasteiger partial charge >= 0.3 is 12.1 Å². The maximum atomic E-state index is 14.0. The van der Waals surface area contributed by atoms with E-state index in [4.69, 9.17) is 23.7 Å². The van der Waals surface area contributed by atoms with Gasteiger partial charge in [-0.05, 0) is 105 Å². The predicted octanol–water partition coefficient (Wildman–Crippen LogP) is 3.25. The molecule has 3 fully saturated rings. The van der Waals surface area contributed by atoms with Gasteiger partial charge in [0.05, 0.1) is 30.0 Å². The van der Waals surface area contributed by atoms with Gasteiger partial charge in [-0.25, -0.2) is 4.79 Å². The summed E-state index contributed by atoms with van der Waals surface area (Å²) in [4.78, 5) is 45.3. The Kier molecular flexibility index (Phi) is 14.8. The molecule has 5 heterocycles. The number of ketones is 1. The number of nitrogens with one attached hydrogen (secondary N) is 1. The molecule has 3 aliphatic heterocycles. The first kappa shape index (κ1) is 44.5. The van der Waals surface area contributed by atoms with Crippen LogP contribution in [0.3, 0.4) is 0 Å². The second-order valence-corrected chi connectivity index (χ2v) is 16.8. The van der Waals surface area contributed by atoms with Gasteiger partial charge in [-0.1, -0.05) is 19.1 Å². The van der Waals surface area contributed by atoms with Gasteiger partial charge in [-0.2, -0.15) is 5.10 Å². The summed E-state index contributed by atoms with van der Waals surface area (Å²) < 4.78 is 32.9. The SMILES string of the molecule is CC[C@H]1OC(=O)[C@H](C)C(=O)C[C@@H](O[C@@H]2O[C@H](C)CC(N(C)C)C2O)[C@@](C)(OC)C[C@@H](C)CN[C@H](C)[C@H]2N(CCCCn3cc(-c4cccnn4)nn3)C(=O)O[C@]12C. The summed E-state index contributed by atoms with van der Waals surface area (Å²) in [6.45, 7) is 14.6. The minimum atomic E-state index is -1.22. The number of unbranched alkanes of at least 4 members (excludes halogenated alkanes) is 1. The number of nitrogens with zero attached hydrogens (tertiary/aromatic N) is 7. The van der Waals surface area contributed by atoms with Gasteiger partial charge in [-0.3, -0.25) is 19.2 Å². The summed E-state index contributed by atoms with van der Waals surface area (Å²) in [7, 11) is 5.38. The molecule has 17 nitrogen and oxygen atoms in total. The van der Waals surface area contributed by atoms with Crippen LogP contribution in [0, 0.1) is 11.8 Å². The van der Waals surface area contributed by atoms with Crippen molar-refractivity contribution in [1.82, 2.24) is 40.3 Å². The van der Waals surface area contributed by atoms with E-state index < -0.39 is 65.6 Å². The Morgan fingerprint density at radius 3 is 2.47 bits per heavy atom. The first-order valence-corrected chi connectivity index (χ1v) is 20.4. The summed E-state index contributed by atoms with van der Waals surface area (Å²) in [6, 6.07) is 2.59. The van der Waals surface area contributed by atoms with Gasteiger partial charge in [0, 0.05) is 44.9 Å². The number of carbonyl (C=O) groups excluding carboxylic acids is 3. The third kappa shape index (κ3) is 10.2.